The highest BCUT2D eigenvalue weighted by Crippen LogP contribution is 2.16. The first-order chi connectivity index (χ1) is 9.99. The molecule has 4 nitrogen and oxygen atoms in total. The predicted molar refractivity (Wildman–Crippen MR) is 75.4 cm³/mol. The van der Waals surface area contributed by atoms with Gasteiger partial charge >= 0.3 is 5.97 Å². The van der Waals surface area contributed by atoms with E-state index in [-0.39, 0.29) is 5.56 Å². The fraction of sp³-hybridized carbons (Fsp3) is 0.125. The summed E-state index contributed by atoms with van der Waals surface area (Å²) in [5.41, 5.74) is 1.15. The molecule has 21 heavy (non-hydrogen) atoms. The molecule has 0 spiro atoms. The number of aryl methyl sites for hydroxylation is 1. The van der Waals surface area contributed by atoms with Crippen molar-refractivity contribution >= 4 is 11.9 Å². The minimum atomic E-state index is -1.18. The lowest BCUT2D eigenvalue weighted by molar-refractivity contribution is -0.139. The van der Waals surface area contributed by atoms with Crippen molar-refractivity contribution < 1.29 is 19.1 Å². The van der Waals surface area contributed by atoms with Gasteiger partial charge in [0.15, 0.2) is 6.04 Å². The Morgan fingerprint density at radius 2 is 1.81 bits per heavy atom. The van der Waals surface area contributed by atoms with E-state index in [0.29, 0.717) is 11.1 Å². The number of nitrogens with one attached hydrogen (secondary N) is 1. The van der Waals surface area contributed by atoms with Gasteiger partial charge in [-0.3, -0.25) is 4.79 Å². The SMILES string of the molecule is Cc1ccc(F)cc1C(=O)N[C@@H](C(=O)O)c1ccccc1. The van der Waals surface area contributed by atoms with Crippen LogP contribution in [0.1, 0.15) is 27.5 Å². The maximum Gasteiger partial charge on any atom is 0.330 e. The maximum absolute atomic E-state index is 13.2. The van der Waals surface area contributed by atoms with Crippen molar-refractivity contribution in [2.45, 2.75) is 13.0 Å². The summed E-state index contributed by atoms with van der Waals surface area (Å²) in [4.78, 5) is 23.5. The zero-order chi connectivity index (χ0) is 15.4. The summed E-state index contributed by atoms with van der Waals surface area (Å²) in [6, 6.07) is 11.0. The smallest absolute Gasteiger partial charge is 0.330 e. The molecule has 2 rings (SSSR count). The molecular weight excluding hydrogens is 273 g/mol. The molecule has 0 saturated carbocycles. The first-order valence-electron chi connectivity index (χ1n) is 6.34. The molecule has 2 N–H and O–H groups in total. The Bertz CT molecular complexity index is 670. The second kappa shape index (κ2) is 6.17. The monoisotopic (exact) mass is 287 g/mol. The fourth-order valence-corrected chi connectivity index (χ4v) is 1.98. The quantitative estimate of drug-likeness (QED) is 0.908. The Kier molecular flexibility index (Phi) is 4.33. The molecule has 0 heterocycles. The van der Waals surface area contributed by atoms with E-state index in [1.807, 2.05) is 0 Å². The topological polar surface area (TPSA) is 66.4 Å². The van der Waals surface area contributed by atoms with E-state index in [9.17, 15) is 19.1 Å². The summed E-state index contributed by atoms with van der Waals surface area (Å²) in [7, 11) is 0. The van der Waals surface area contributed by atoms with Crippen molar-refractivity contribution in [2.24, 2.45) is 0 Å². The highest BCUT2D eigenvalue weighted by Gasteiger charge is 2.23. The molecule has 1 atom stereocenters. The Hall–Kier alpha value is -2.69. The number of carboxylic acid groups (broad SMARTS) is 1. The average Bonchev–Trinajstić information content (AvgIpc) is 2.47. The second-order valence-electron chi connectivity index (χ2n) is 4.61. The number of hydrogen-bond acceptors (Lipinski definition) is 2. The molecule has 0 saturated heterocycles. The van der Waals surface area contributed by atoms with Crippen molar-refractivity contribution in [3.05, 3.63) is 71.0 Å². The van der Waals surface area contributed by atoms with Crippen LogP contribution in [-0.4, -0.2) is 17.0 Å². The third-order valence-electron chi connectivity index (χ3n) is 3.10. The number of aliphatic carboxylic acids is 1. The molecule has 2 aromatic rings. The summed E-state index contributed by atoms with van der Waals surface area (Å²) >= 11 is 0. The van der Waals surface area contributed by atoms with Crippen LogP contribution >= 0.6 is 0 Å². The van der Waals surface area contributed by atoms with Gasteiger partial charge in [-0.15, -0.1) is 0 Å². The van der Waals surface area contributed by atoms with Gasteiger partial charge in [0, 0.05) is 5.56 Å². The Balaban J connectivity index is 2.27. The summed E-state index contributed by atoms with van der Waals surface area (Å²) in [6.07, 6.45) is 0. The molecule has 1 amide bonds. The first-order valence-corrected chi connectivity index (χ1v) is 6.34. The number of hydrogen-bond donors (Lipinski definition) is 2. The van der Waals surface area contributed by atoms with Crippen molar-refractivity contribution in [3.8, 4) is 0 Å². The van der Waals surface area contributed by atoms with E-state index in [0.717, 1.165) is 6.07 Å². The van der Waals surface area contributed by atoms with Gasteiger partial charge < -0.3 is 10.4 Å². The standard InChI is InChI=1S/C16H14FNO3/c1-10-7-8-12(17)9-13(10)15(19)18-14(16(20)21)11-5-3-2-4-6-11/h2-9,14H,1H3,(H,18,19)(H,20,21)/t14-/m1/s1. The van der Waals surface area contributed by atoms with Crippen LogP contribution in [0, 0.1) is 12.7 Å². The van der Waals surface area contributed by atoms with Gasteiger partial charge in [-0.1, -0.05) is 36.4 Å². The minimum absolute atomic E-state index is 0.122. The van der Waals surface area contributed by atoms with Gasteiger partial charge in [0.2, 0.25) is 0 Å². The van der Waals surface area contributed by atoms with E-state index in [1.165, 1.54) is 12.1 Å². The van der Waals surface area contributed by atoms with Crippen molar-refractivity contribution in [2.75, 3.05) is 0 Å². The summed E-state index contributed by atoms with van der Waals surface area (Å²) in [6.45, 7) is 1.66. The molecule has 2 aromatic carbocycles. The predicted octanol–water partition coefficient (Wildman–Crippen LogP) is 2.69. The summed E-state index contributed by atoms with van der Waals surface area (Å²) < 4.78 is 13.2. The van der Waals surface area contributed by atoms with Crippen molar-refractivity contribution in [1.82, 2.24) is 5.32 Å². The number of rotatable bonds is 4. The highest BCUT2D eigenvalue weighted by molar-refractivity contribution is 5.98. The number of amides is 1. The average molecular weight is 287 g/mol. The third kappa shape index (κ3) is 3.45. The van der Waals surface area contributed by atoms with Crippen molar-refractivity contribution in [3.63, 3.8) is 0 Å². The summed E-state index contributed by atoms with van der Waals surface area (Å²) in [5.74, 6) is -2.34. The van der Waals surface area contributed by atoms with Crippen LogP contribution in [0.5, 0.6) is 0 Å². The van der Waals surface area contributed by atoms with E-state index >= 15 is 0 Å². The van der Waals surface area contributed by atoms with Gasteiger partial charge in [0.1, 0.15) is 5.82 Å². The molecule has 0 unspecified atom stereocenters. The third-order valence-corrected chi connectivity index (χ3v) is 3.10. The summed E-state index contributed by atoms with van der Waals surface area (Å²) in [5, 5.41) is 11.7. The zero-order valence-corrected chi connectivity index (χ0v) is 11.3. The van der Waals surface area contributed by atoms with E-state index in [2.05, 4.69) is 5.32 Å². The maximum atomic E-state index is 13.2. The normalized spacial score (nSPS) is 11.7. The van der Waals surface area contributed by atoms with Crippen LogP contribution in [0.3, 0.4) is 0 Å². The van der Waals surface area contributed by atoms with Crippen LogP contribution in [0.4, 0.5) is 4.39 Å². The Morgan fingerprint density at radius 1 is 1.14 bits per heavy atom. The Morgan fingerprint density at radius 3 is 2.43 bits per heavy atom. The first kappa shape index (κ1) is 14.7. The number of carboxylic acids is 1. The second-order valence-corrected chi connectivity index (χ2v) is 4.61. The molecule has 0 aliphatic carbocycles. The van der Waals surface area contributed by atoms with Gasteiger partial charge in [-0.2, -0.15) is 0 Å². The minimum Gasteiger partial charge on any atom is -0.479 e. The molecule has 0 aliphatic heterocycles. The highest BCUT2D eigenvalue weighted by atomic mass is 19.1. The van der Waals surface area contributed by atoms with Crippen LogP contribution in [-0.2, 0) is 4.79 Å². The largest absolute Gasteiger partial charge is 0.479 e. The number of carbonyl (C=O) groups is 2. The van der Waals surface area contributed by atoms with Crippen LogP contribution < -0.4 is 5.32 Å². The van der Waals surface area contributed by atoms with Crippen LogP contribution in [0.2, 0.25) is 0 Å². The molecule has 0 aromatic heterocycles. The lowest BCUT2D eigenvalue weighted by Crippen LogP contribution is -2.34. The van der Waals surface area contributed by atoms with Gasteiger partial charge in [-0.25, -0.2) is 9.18 Å². The van der Waals surface area contributed by atoms with Crippen LogP contribution in [0.15, 0.2) is 48.5 Å². The molecule has 108 valence electrons. The van der Waals surface area contributed by atoms with E-state index in [4.69, 9.17) is 0 Å². The van der Waals surface area contributed by atoms with E-state index < -0.39 is 23.7 Å². The van der Waals surface area contributed by atoms with Gasteiger partial charge in [0.05, 0.1) is 0 Å². The van der Waals surface area contributed by atoms with E-state index in [1.54, 1.807) is 37.3 Å². The van der Waals surface area contributed by atoms with Gasteiger partial charge in [0.25, 0.3) is 5.91 Å². The molecule has 0 bridgehead atoms. The molecular formula is C16H14FNO3. The van der Waals surface area contributed by atoms with Crippen LogP contribution in [0.25, 0.3) is 0 Å². The number of carbonyl (C=O) groups excluding carboxylic acids is 1. The van der Waals surface area contributed by atoms with Gasteiger partial charge in [-0.05, 0) is 30.2 Å². The molecule has 0 radical (unpaired) electrons. The molecule has 0 fully saturated rings. The van der Waals surface area contributed by atoms with Crippen molar-refractivity contribution in [1.29, 1.82) is 0 Å². The zero-order valence-electron chi connectivity index (χ0n) is 11.3. The number of halogens is 1. The Labute approximate surface area is 121 Å². The number of benzene rings is 2. The lowest BCUT2D eigenvalue weighted by Gasteiger charge is -2.15. The fourth-order valence-electron chi connectivity index (χ4n) is 1.98. The lowest BCUT2D eigenvalue weighted by atomic mass is 10.0. The molecule has 0 aliphatic rings. The molecule has 5 heteroatoms.